The molecule has 1 N–H and O–H groups in total. The van der Waals surface area contributed by atoms with Gasteiger partial charge in [0.15, 0.2) is 0 Å². The van der Waals surface area contributed by atoms with Crippen molar-refractivity contribution in [2.45, 2.75) is 45.3 Å². The van der Waals surface area contributed by atoms with Crippen molar-refractivity contribution in [3.63, 3.8) is 0 Å². The Hall–Kier alpha value is -0.340. The number of nitrogens with one attached hydrogen (secondary N) is 1. The fourth-order valence-corrected chi connectivity index (χ4v) is 1.56. The van der Waals surface area contributed by atoms with Crippen LogP contribution in [0.5, 0.6) is 0 Å². The maximum Gasteiger partial charge on any atom is 0.0726 e. The van der Waals surface area contributed by atoms with Gasteiger partial charge in [-0.25, -0.2) is 0 Å². The summed E-state index contributed by atoms with van der Waals surface area (Å²) in [5.41, 5.74) is 1.27. The second kappa shape index (κ2) is 5.40. The Morgan fingerprint density at radius 3 is 3.00 bits per heavy atom. The Labute approximate surface area is 81.4 Å². The van der Waals surface area contributed by atoms with Crippen molar-refractivity contribution >= 4 is 0 Å². The molecule has 2 heteroatoms. The van der Waals surface area contributed by atoms with Gasteiger partial charge in [0.1, 0.15) is 0 Å². The van der Waals surface area contributed by atoms with Gasteiger partial charge in [0.05, 0.1) is 6.10 Å². The fourth-order valence-electron chi connectivity index (χ4n) is 1.56. The first-order valence-electron chi connectivity index (χ1n) is 5.25. The van der Waals surface area contributed by atoms with E-state index in [4.69, 9.17) is 4.74 Å². The molecule has 1 heterocycles. The molecule has 2 nitrogen and oxygen atoms in total. The highest BCUT2D eigenvalue weighted by molar-refractivity contribution is 4.96. The Balaban J connectivity index is 2.16. The summed E-state index contributed by atoms with van der Waals surface area (Å²) in [5, 5.41) is 3.45. The molecule has 0 spiro atoms. The van der Waals surface area contributed by atoms with E-state index in [2.05, 4.69) is 25.7 Å². The molecule has 76 valence electrons. The Kier molecular flexibility index (Phi) is 4.46. The number of rotatable bonds is 5. The van der Waals surface area contributed by atoms with Crippen LogP contribution in [0.4, 0.5) is 0 Å². The van der Waals surface area contributed by atoms with Gasteiger partial charge in [0.2, 0.25) is 0 Å². The van der Waals surface area contributed by atoms with Crippen LogP contribution in [0.15, 0.2) is 12.2 Å². The maximum atomic E-state index is 5.59. The zero-order valence-electron chi connectivity index (χ0n) is 8.81. The van der Waals surface area contributed by atoms with Gasteiger partial charge >= 0.3 is 0 Å². The average molecular weight is 183 g/mol. The summed E-state index contributed by atoms with van der Waals surface area (Å²) < 4.78 is 5.59. The predicted octanol–water partition coefficient (Wildman–Crippen LogP) is 2.11. The Bertz CT molecular complexity index is 161. The van der Waals surface area contributed by atoms with Crippen LogP contribution < -0.4 is 5.32 Å². The van der Waals surface area contributed by atoms with E-state index in [1.54, 1.807) is 0 Å². The normalized spacial score (nSPS) is 24.6. The van der Waals surface area contributed by atoms with E-state index in [0.29, 0.717) is 12.1 Å². The second-order valence-electron chi connectivity index (χ2n) is 3.82. The Morgan fingerprint density at radius 2 is 2.46 bits per heavy atom. The van der Waals surface area contributed by atoms with Crippen LogP contribution in [0.3, 0.4) is 0 Å². The monoisotopic (exact) mass is 183 g/mol. The minimum atomic E-state index is 0.421. The van der Waals surface area contributed by atoms with Crippen LogP contribution in [0, 0.1) is 0 Å². The first kappa shape index (κ1) is 10.7. The van der Waals surface area contributed by atoms with Gasteiger partial charge < -0.3 is 10.1 Å². The molecule has 1 aliphatic rings. The van der Waals surface area contributed by atoms with Crippen LogP contribution in [0.1, 0.15) is 33.1 Å². The molecule has 0 radical (unpaired) electrons. The molecule has 0 aromatic carbocycles. The van der Waals surface area contributed by atoms with E-state index < -0.39 is 0 Å². The predicted molar refractivity (Wildman–Crippen MR) is 55.9 cm³/mol. The van der Waals surface area contributed by atoms with E-state index in [9.17, 15) is 0 Å². The van der Waals surface area contributed by atoms with Crippen molar-refractivity contribution in [2.75, 3.05) is 13.2 Å². The van der Waals surface area contributed by atoms with Crippen LogP contribution >= 0.6 is 0 Å². The molecule has 1 aliphatic heterocycles. The molecule has 1 saturated heterocycles. The molecule has 2 atom stereocenters. The number of ether oxygens (including phenoxy) is 1. The third kappa shape index (κ3) is 3.49. The van der Waals surface area contributed by atoms with E-state index in [-0.39, 0.29) is 0 Å². The van der Waals surface area contributed by atoms with Crippen LogP contribution in [0.25, 0.3) is 0 Å². The Morgan fingerprint density at radius 1 is 1.69 bits per heavy atom. The smallest absolute Gasteiger partial charge is 0.0726 e. The van der Waals surface area contributed by atoms with Gasteiger partial charge in [-0.15, -0.1) is 0 Å². The first-order chi connectivity index (χ1) is 6.24. The summed E-state index contributed by atoms with van der Waals surface area (Å²) in [5.74, 6) is 0. The molecular formula is C11H21NO. The third-order valence-electron chi connectivity index (χ3n) is 2.70. The summed E-state index contributed by atoms with van der Waals surface area (Å²) in [7, 11) is 0. The first-order valence-corrected chi connectivity index (χ1v) is 5.25. The van der Waals surface area contributed by atoms with Gasteiger partial charge in [0, 0.05) is 19.2 Å². The molecule has 0 saturated carbocycles. The van der Waals surface area contributed by atoms with Crippen molar-refractivity contribution in [3.8, 4) is 0 Å². The molecule has 0 aromatic rings. The largest absolute Gasteiger partial charge is 0.377 e. The molecule has 0 aliphatic carbocycles. The lowest BCUT2D eigenvalue weighted by atomic mass is 10.1. The molecule has 1 fully saturated rings. The highest BCUT2D eigenvalue weighted by atomic mass is 16.5. The molecule has 1 rings (SSSR count). The molecule has 2 unspecified atom stereocenters. The zero-order chi connectivity index (χ0) is 9.68. The molecule has 13 heavy (non-hydrogen) atoms. The van der Waals surface area contributed by atoms with Crippen molar-refractivity contribution in [1.82, 2.24) is 5.32 Å². The average Bonchev–Trinajstić information content (AvgIpc) is 2.66. The number of hydrogen-bond donors (Lipinski definition) is 1. The fraction of sp³-hybridized carbons (Fsp3) is 0.818. The summed E-state index contributed by atoms with van der Waals surface area (Å²) in [6.45, 7) is 10.2. The van der Waals surface area contributed by atoms with Crippen molar-refractivity contribution in [1.29, 1.82) is 0 Å². The lowest BCUT2D eigenvalue weighted by Crippen LogP contribution is -2.37. The van der Waals surface area contributed by atoms with Gasteiger partial charge in [-0.3, -0.25) is 0 Å². The summed E-state index contributed by atoms with van der Waals surface area (Å²) in [4.78, 5) is 0. The van der Waals surface area contributed by atoms with Crippen LogP contribution in [-0.2, 0) is 4.74 Å². The highest BCUT2D eigenvalue weighted by Gasteiger charge is 2.21. The third-order valence-corrected chi connectivity index (χ3v) is 2.70. The van der Waals surface area contributed by atoms with Crippen molar-refractivity contribution in [2.24, 2.45) is 0 Å². The molecule has 0 aromatic heterocycles. The van der Waals surface area contributed by atoms with Crippen LogP contribution in [0.2, 0.25) is 0 Å². The SMILES string of the molecule is C=C(CC)CNC(C)C1CCCO1. The summed E-state index contributed by atoms with van der Waals surface area (Å²) >= 11 is 0. The van der Waals surface area contributed by atoms with Gasteiger partial charge in [-0.2, -0.15) is 0 Å². The molecule has 0 amide bonds. The quantitative estimate of drug-likeness (QED) is 0.659. The molecular weight excluding hydrogens is 162 g/mol. The van der Waals surface area contributed by atoms with E-state index in [0.717, 1.165) is 19.6 Å². The lowest BCUT2D eigenvalue weighted by Gasteiger charge is -2.20. The molecule has 0 bridgehead atoms. The lowest BCUT2D eigenvalue weighted by molar-refractivity contribution is 0.0846. The topological polar surface area (TPSA) is 21.3 Å². The highest BCUT2D eigenvalue weighted by Crippen LogP contribution is 2.15. The minimum Gasteiger partial charge on any atom is -0.377 e. The van der Waals surface area contributed by atoms with Crippen LogP contribution in [-0.4, -0.2) is 25.3 Å². The van der Waals surface area contributed by atoms with Gasteiger partial charge in [-0.1, -0.05) is 19.1 Å². The maximum absolute atomic E-state index is 5.59. The van der Waals surface area contributed by atoms with E-state index >= 15 is 0 Å². The summed E-state index contributed by atoms with van der Waals surface area (Å²) in [6, 6.07) is 0.464. The second-order valence-corrected chi connectivity index (χ2v) is 3.82. The van der Waals surface area contributed by atoms with Crippen molar-refractivity contribution in [3.05, 3.63) is 12.2 Å². The zero-order valence-corrected chi connectivity index (χ0v) is 8.81. The van der Waals surface area contributed by atoms with Gasteiger partial charge in [-0.05, 0) is 26.2 Å². The standard InChI is InChI=1S/C11H21NO/c1-4-9(2)8-12-10(3)11-6-5-7-13-11/h10-12H,2,4-8H2,1,3H3. The van der Waals surface area contributed by atoms with E-state index in [1.165, 1.54) is 18.4 Å². The number of hydrogen-bond acceptors (Lipinski definition) is 2. The van der Waals surface area contributed by atoms with Gasteiger partial charge in [0.25, 0.3) is 0 Å². The van der Waals surface area contributed by atoms with E-state index in [1.807, 2.05) is 0 Å². The van der Waals surface area contributed by atoms with Crippen molar-refractivity contribution < 1.29 is 4.74 Å². The summed E-state index contributed by atoms with van der Waals surface area (Å²) in [6.07, 6.45) is 3.90. The minimum absolute atomic E-state index is 0.421.